The Morgan fingerprint density at radius 2 is 1.61 bits per heavy atom. The van der Waals surface area contributed by atoms with Gasteiger partial charge >= 0.3 is 6.18 Å². The molecule has 7 rings (SSSR count). The minimum atomic E-state index is -4.78. The summed E-state index contributed by atoms with van der Waals surface area (Å²) in [5, 5.41) is 21.5. The van der Waals surface area contributed by atoms with Crippen LogP contribution in [-0.2, 0) is 30.8 Å². The first-order chi connectivity index (χ1) is 24.1. The van der Waals surface area contributed by atoms with Crippen LogP contribution >= 0.6 is 23.2 Å². The van der Waals surface area contributed by atoms with Crippen molar-refractivity contribution in [3.05, 3.63) is 87.0 Å². The third kappa shape index (κ3) is 5.04. The van der Waals surface area contributed by atoms with E-state index < -0.39 is 81.2 Å². The highest BCUT2D eigenvalue weighted by atomic mass is 35.5. The number of hydrazine groups is 1. The average molecular weight is 748 g/mol. The molecule has 266 valence electrons. The molecule has 2 aliphatic carbocycles. The van der Waals surface area contributed by atoms with Crippen molar-refractivity contribution in [1.29, 1.82) is 0 Å². The van der Waals surface area contributed by atoms with Gasteiger partial charge in [0.05, 0.1) is 48.0 Å². The molecule has 51 heavy (non-hydrogen) atoms. The molecule has 6 atom stereocenters. The predicted octanol–water partition coefficient (Wildman–Crippen LogP) is 5.50. The maximum Gasteiger partial charge on any atom is 0.417 e. The fraction of sp³-hybridized carbons (Fsp3) is 0.324. The lowest BCUT2D eigenvalue weighted by Gasteiger charge is -2.50. The maximum absolute atomic E-state index is 15.3. The zero-order valence-corrected chi connectivity index (χ0v) is 28.1. The number of phenols is 1. The molecule has 2 saturated heterocycles. The van der Waals surface area contributed by atoms with E-state index in [1.165, 1.54) is 38.5 Å². The zero-order valence-electron chi connectivity index (χ0n) is 26.6. The number of alkyl halides is 3. The first-order valence-corrected chi connectivity index (χ1v) is 16.3. The number of phenolic OH excluding ortho intramolecular Hbond substituents is 1. The van der Waals surface area contributed by atoms with E-state index in [2.05, 4.69) is 10.4 Å². The third-order valence-corrected chi connectivity index (χ3v) is 10.9. The number of fused-ring (bicyclic) bond motifs is 4. The van der Waals surface area contributed by atoms with E-state index in [0.717, 1.165) is 0 Å². The molecule has 17 heteroatoms. The molecule has 1 aromatic heterocycles. The molecule has 4 aliphatic rings. The molecule has 0 bridgehead atoms. The van der Waals surface area contributed by atoms with Gasteiger partial charge in [-0.05, 0) is 42.5 Å². The van der Waals surface area contributed by atoms with Gasteiger partial charge in [0.15, 0.2) is 5.82 Å². The number of halogens is 5. The van der Waals surface area contributed by atoms with Gasteiger partial charge < -0.3 is 14.6 Å². The molecule has 3 aromatic rings. The number of aromatic hydroxyl groups is 1. The molecule has 3 fully saturated rings. The number of pyridine rings is 1. The molecule has 2 aromatic carbocycles. The Kier molecular flexibility index (Phi) is 8.23. The smallest absolute Gasteiger partial charge is 0.417 e. The molecule has 4 amide bonds. The van der Waals surface area contributed by atoms with Crippen LogP contribution in [0.5, 0.6) is 17.2 Å². The van der Waals surface area contributed by atoms with Gasteiger partial charge in [0.2, 0.25) is 0 Å². The highest BCUT2D eigenvalue weighted by Gasteiger charge is 2.71. The Morgan fingerprint density at radius 3 is 2.20 bits per heavy atom. The summed E-state index contributed by atoms with van der Waals surface area (Å²) in [6.07, 6.45) is -2.73. The van der Waals surface area contributed by atoms with Crippen LogP contribution in [0.15, 0.2) is 60.3 Å². The predicted molar refractivity (Wildman–Crippen MR) is 172 cm³/mol. The number of anilines is 1. The summed E-state index contributed by atoms with van der Waals surface area (Å²) in [5.74, 6) is -9.33. The van der Waals surface area contributed by atoms with Crippen LogP contribution in [0.25, 0.3) is 0 Å². The lowest BCUT2D eigenvalue weighted by molar-refractivity contribution is -0.173. The van der Waals surface area contributed by atoms with E-state index in [0.29, 0.717) is 33.4 Å². The topological polar surface area (TPSA) is 159 Å². The number of amides is 4. The molecule has 0 unspecified atom stereocenters. The van der Waals surface area contributed by atoms with Crippen molar-refractivity contribution in [1.82, 2.24) is 15.1 Å². The van der Waals surface area contributed by atoms with Crippen LogP contribution < -0.4 is 14.9 Å². The molecule has 3 heterocycles. The van der Waals surface area contributed by atoms with E-state index in [-0.39, 0.29) is 40.7 Å². The number of allylic oxidation sites excluding steroid dienone is 2. The average Bonchev–Trinajstić information content (AvgIpc) is 3.45. The number of hydroxylamine groups is 2. The van der Waals surface area contributed by atoms with Crippen molar-refractivity contribution < 1.29 is 52.1 Å². The van der Waals surface area contributed by atoms with Gasteiger partial charge in [0.25, 0.3) is 23.6 Å². The largest absolute Gasteiger partial charge is 0.508 e. The standard InChI is InChI=1S/C34H27Cl2F3N4O8/c1-50-23-10-17(44)11-24(51-2)26(23)27-18-7-8-19-25(31(47)43(49)29(19)45)20(18)12-21-30(46)42(32(48)33(21,27)14-3-5-16(35)6-4-14)41-28-22(36)9-15(13-40-28)34(37,38)39/h3-7,9-11,13,19-21,25,27,44,49H,8,12H2,1-2H3,(H,40,41)/t19-,20+,21-,25-,27+,33+/m0/s1. The van der Waals surface area contributed by atoms with Crippen LogP contribution in [0.1, 0.15) is 35.4 Å². The van der Waals surface area contributed by atoms with Gasteiger partial charge in [-0.15, -0.1) is 0 Å². The normalized spacial score (nSPS) is 27.2. The molecular formula is C34H27Cl2F3N4O8. The number of nitrogens with zero attached hydrogens (tertiary/aromatic N) is 3. The van der Waals surface area contributed by atoms with Crippen LogP contribution in [0.3, 0.4) is 0 Å². The van der Waals surface area contributed by atoms with Crippen molar-refractivity contribution in [2.45, 2.75) is 30.4 Å². The number of carbonyl (C=O) groups is 4. The Balaban J connectivity index is 1.50. The van der Waals surface area contributed by atoms with Crippen LogP contribution in [0.4, 0.5) is 19.0 Å². The molecule has 0 radical (unpaired) electrons. The van der Waals surface area contributed by atoms with Crippen molar-refractivity contribution >= 4 is 52.6 Å². The number of carbonyl (C=O) groups excluding carboxylic acids is 4. The second-order valence-corrected chi connectivity index (χ2v) is 13.5. The monoisotopic (exact) mass is 746 g/mol. The molecule has 12 nitrogen and oxygen atoms in total. The van der Waals surface area contributed by atoms with Gasteiger partial charge in [0, 0.05) is 34.8 Å². The second-order valence-electron chi connectivity index (χ2n) is 12.7. The number of rotatable bonds is 6. The zero-order chi connectivity index (χ0) is 36.7. The summed E-state index contributed by atoms with van der Waals surface area (Å²) in [6.45, 7) is 0. The van der Waals surface area contributed by atoms with Crippen molar-refractivity contribution in [3.63, 3.8) is 0 Å². The molecule has 3 N–H and O–H groups in total. The van der Waals surface area contributed by atoms with E-state index in [1.54, 1.807) is 18.2 Å². The van der Waals surface area contributed by atoms with Gasteiger partial charge in [-0.2, -0.15) is 23.2 Å². The number of imide groups is 2. The lowest BCUT2D eigenvalue weighted by atomic mass is 9.49. The number of ether oxygens (including phenoxy) is 2. The van der Waals surface area contributed by atoms with Crippen LogP contribution in [0.2, 0.25) is 10.0 Å². The first-order valence-electron chi connectivity index (χ1n) is 15.5. The van der Waals surface area contributed by atoms with Gasteiger partial charge in [-0.1, -0.05) is 47.0 Å². The Hall–Kier alpha value is -4.86. The fourth-order valence-electron chi connectivity index (χ4n) is 8.29. The van der Waals surface area contributed by atoms with Crippen molar-refractivity contribution in [2.75, 3.05) is 19.6 Å². The number of benzene rings is 2. The quantitative estimate of drug-likeness (QED) is 0.167. The summed E-state index contributed by atoms with van der Waals surface area (Å²) >= 11 is 12.5. The van der Waals surface area contributed by atoms with E-state index in [9.17, 15) is 37.9 Å². The Labute approximate surface area is 297 Å². The number of aromatic nitrogens is 1. The maximum atomic E-state index is 15.3. The Morgan fingerprint density at radius 1 is 0.961 bits per heavy atom. The molecule has 1 saturated carbocycles. The van der Waals surface area contributed by atoms with E-state index in [1.807, 2.05) is 0 Å². The first kappa shape index (κ1) is 34.6. The molecular weight excluding hydrogens is 720 g/mol. The summed E-state index contributed by atoms with van der Waals surface area (Å²) < 4.78 is 51.7. The minimum absolute atomic E-state index is 0.00783. The summed E-state index contributed by atoms with van der Waals surface area (Å²) in [6, 6.07) is 9.35. The van der Waals surface area contributed by atoms with Gasteiger partial charge in [0.1, 0.15) is 17.2 Å². The van der Waals surface area contributed by atoms with Crippen molar-refractivity contribution in [2.24, 2.45) is 23.7 Å². The lowest BCUT2D eigenvalue weighted by Crippen LogP contribution is -2.53. The van der Waals surface area contributed by atoms with Gasteiger partial charge in [-0.3, -0.25) is 29.8 Å². The number of nitrogens with one attached hydrogen (secondary N) is 1. The summed E-state index contributed by atoms with van der Waals surface area (Å²) in [7, 11) is 2.65. The highest BCUT2D eigenvalue weighted by Crippen LogP contribution is 2.66. The third-order valence-electron chi connectivity index (χ3n) is 10.4. The molecule has 0 spiro atoms. The fourth-order valence-corrected chi connectivity index (χ4v) is 8.62. The number of hydrogen-bond acceptors (Lipinski definition) is 10. The van der Waals surface area contributed by atoms with Crippen LogP contribution in [-0.4, -0.2) is 63.2 Å². The number of methoxy groups -OCH3 is 2. The molecule has 2 aliphatic heterocycles. The van der Waals surface area contributed by atoms with E-state index >= 15 is 4.79 Å². The van der Waals surface area contributed by atoms with Crippen LogP contribution in [0, 0.1) is 23.7 Å². The summed E-state index contributed by atoms with van der Waals surface area (Å²) in [5.41, 5.74) is 0.489. The van der Waals surface area contributed by atoms with Crippen molar-refractivity contribution in [3.8, 4) is 17.2 Å². The number of hydrogen-bond donors (Lipinski definition) is 3. The highest BCUT2D eigenvalue weighted by molar-refractivity contribution is 6.33. The van der Waals surface area contributed by atoms with Gasteiger partial charge in [-0.25, -0.2) is 4.98 Å². The van der Waals surface area contributed by atoms with E-state index in [4.69, 9.17) is 32.7 Å². The Bertz CT molecular complexity index is 2020. The minimum Gasteiger partial charge on any atom is -0.508 e. The summed E-state index contributed by atoms with van der Waals surface area (Å²) in [4.78, 5) is 60.1. The second kappa shape index (κ2) is 12.1. The SMILES string of the molecule is COc1cc(O)cc(OC)c1[C@H]1C2=CC[C@@H]3C(=O)N(O)C(=O)[C@@H]3[C@@H]2C[C@H]2C(=O)N(Nc3ncc(C(F)(F)F)cc3Cl)C(=O)[C@@]12c1ccc(Cl)cc1.